The van der Waals surface area contributed by atoms with Gasteiger partial charge in [-0.25, -0.2) is 4.79 Å². The Morgan fingerprint density at radius 2 is 1.80 bits per heavy atom. The molecular formula is C14H26N2O3S. The van der Waals surface area contributed by atoms with Gasteiger partial charge in [-0.2, -0.15) is 11.8 Å². The van der Waals surface area contributed by atoms with Crippen LogP contribution in [-0.2, 0) is 4.79 Å². The number of nitrogens with one attached hydrogen (secondary N) is 1. The van der Waals surface area contributed by atoms with Crippen molar-refractivity contribution in [3.8, 4) is 0 Å². The number of urea groups is 1. The fourth-order valence-corrected chi connectivity index (χ4v) is 3.08. The first kappa shape index (κ1) is 17.1. The highest BCUT2D eigenvalue weighted by molar-refractivity contribution is 8.00. The van der Waals surface area contributed by atoms with Crippen molar-refractivity contribution in [3.63, 3.8) is 0 Å². The molecule has 0 aliphatic carbocycles. The van der Waals surface area contributed by atoms with Crippen LogP contribution in [0.1, 0.15) is 41.5 Å². The molecule has 0 aromatic carbocycles. The van der Waals surface area contributed by atoms with Crippen LogP contribution in [0.3, 0.4) is 0 Å². The second-order valence-corrected chi connectivity index (χ2v) is 7.98. The quantitative estimate of drug-likeness (QED) is 0.840. The molecule has 5 nitrogen and oxygen atoms in total. The molecule has 1 aliphatic rings. The number of nitrogens with zero attached hydrogens (tertiary/aromatic N) is 1. The maximum atomic E-state index is 12.5. The van der Waals surface area contributed by atoms with Crippen molar-refractivity contribution in [1.29, 1.82) is 0 Å². The number of amides is 2. The lowest BCUT2D eigenvalue weighted by Gasteiger charge is -2.43. The molecule has 0 bridgehead atoms. The van der Waals surface area contributed by atoms with E-state index in [1.54, 1.807) is 32.6 Å². The zero-order chi connectivity index (χ0) is 15.7. The molecule has 0 radical (unpaired) electrons. The van der Waals surface area contributed by atoms with Gasteiger partial charge in [0, 0.05) is 23.6 Å². The van der Waals surface area contributed by atoms with Crippen LogP contribution < -0.4 is 5.32 Å². The minimum Gasteiger partial charge on any atom is -0.481 e. The Morgan fingerprint density at radius 3 is 2.30 bits per heavy atom. The van der Waals surface area contributed by atoms with Gasteiger partial charge in [0.1, 0.15) is 0 Å². The van der Waals surface area contributed by atoms with E-state index in [1.165, 1.54) is 0 Å². The van der Waals surface area contributed by atoms with E-state index in [9.17, 15) is 14.7 Å². The molecule has 2 unspecified atom stereocenters. The van der Waals surface area contributed by atoms with Crippen molar-refractivity contribution in [2.45, 2.75) is 58.4 Å². The van der Waals surface area contributed by atoms with Gasteiger partial charge in [0.25, 0.3) is 0 Å². The third-order valence-electron chi connectivity index (χ3n) is 4.66. The van der Waals surface area contributed by atoms with Gasteiger partial charge < -0.3 is 15.3 Å². The highest BCUT2D eigenvalue weighted by Gasteiger charge is 2.45. The topological polar surface area (TPSA) is 69.6 Å². The molecule has 1 heterocycles. The Labute approximate surface area is 125 Å². The van der Waals surface area contributed by atoms with Crippen LogP contribution in [0.4, 0.5) is 4.79 Å². The van der Waals surface area contributed by atoms with Crippen LogP contribution in [0.2, 0.25) is 0 Å². The van der Waals surface area contributed by atoms with Crippen LogP contribution in [0, 0.1) is 5.41 Å². The number of hydrogen-bond donors (Lipinski definition) is 2. The monoisotopic (exact) mass is 302 g/mol. The molecule has 2 N–H and O–H groups in total. The zero-order valence-electron chi connectivity index (χ0n) is 13.2. The Hall–Kier alpha value is -0.910. The Kier molecular flexibility index (Phi) is 5.00. The highest BCUT2D eigenvalue weighted by Crippen LogP contribution is 2.31. The molecule has 1 rings (SSSR count). The van der Waals surface area contributed by atoms with E-state index in [-0.39, 0.29) is 12.1 Å². The van der Waals surface area contributed by atoms with E-state index >= 15 is 0 Å². The first-order valence-corrected chi connectivity index (χ1v) is 7.99. The minimum absolute atomic E-state index is 0.150. The number of thioether (sulfide) groups is 1. The molecule has 2 atom stereocenters. The first-order chi connectivity index (χ1) is 9.00. The fourth-order valence-electron chi connectivity index (χ4n) is 1.98. The number of carboxylic acids is 1. The third-order valence-corrected chi connectivity index (χ3v) is 6.00. The molecule has 0 aromatic heterocycles. The number of carbonyl (C=O) groups excluding carboxylic acids is 1. The van der Waals surface area contributed by atoms with Gasteiger partial charge in [-0.1, -0.05) is 6.92 Å². The van der Waals surface area contributed by atoms with Crippen LogP contribution in [0.25, 0.3) is 0 Å². The molecular weight excluding hydrogens is 276 g/mol. The van der Waals surface area contributed by atoms with Crippen LogP contribution in [0.5, 0.6) is 0 Å². The average Bonchev–Trinajstić information content (AvgIpc) is 2.31. The molecule has 6 heteroatoms. The lowest BCUT2D eigenvalue weighted by molar-refractivity contribution is -0.150. The summed E-state index contributed by atoms with van der Waals surface area (Å²) < 4.78 is 0. The highest BCUT2D eigenvalue weighted by atomic mass is 32.2. The SMILES string of the molecule is CC1SCCN(C(=O)NC(C)(C)C(C)(C)C(=O)O)C1C. The second-order valence-electron chi connectivity index (χ2n) is 6.50. The molecule has 1 fully saturated rings. The molecule has 20 heavy (non-hydrogen) atoms. The predicted molar refractivity (Wildman–Crippen MR) is 82.1 cm³/mol. The predicted octanol–water partition coefficient (Wildman–Crippen LogP) is 2.41. The van der Waals surface area contributed by atoms with E-state index in [4.69, 9.17) is 0 Å². The van der Waals surface area contributed by atoms with Crippen molar-refractivity contribution >= 4 is 23.8 Å². The largest absolute Gasteiger partial charge is 0.481 e. The maximum Gasteiger partial charge on any atom is 0.318 e. The molecule has 1 saturated heterocycles. The Morgan fingerprint density at radius 1 is 1.25 bits per heavy atom. The normalized spacial score (nSPS) is 24.4. The van der Waals surface area contributed by atoms with Gasteiger partial charge in [-0.3, -0.25) is 4.79 Å². The van der Waals surface area contributed by atoms with Gasteiger partial charge in [-0.15, -0.1) is 0 Å². The molecule has 0 spiro atoms. The van der Waals surface area contributed by atoms with Crippen molar-refractivity contribution in [2.75, 3.05) is 12.3 Å². The van der Waals surface area contributed by atoms with Crippen molar-refractivity contribution in [2.24, 2.45) is 5.41 Å². The lowest BCUT2D eigenvalue weighted by Crippen LogP contribution is -2.62. The van der Waals surface area contributed by atoms with Gasteiger partial charge >= 0.3 is 12.0 Å². The van der Waals surface area contributed by atoms with Crippen LogP contribution >= 0.6 is 11.8 Å². The lowest BCUT2D eigenvalue weighted by atomic mass is 9.74. The van der Waals surface area contributed by atoms with Gasteiger partial charge in [-0.05, 0) is 34.6 Å². The summed E-state index contributed by atoms with van der Waals surface area (Å²) in [6, 6.07) is -0.0264. The number of carboxylic acid groups (broad SMARTS) is 1. The van der Waals surface area contributed by atoms with E-state index < -0.39 is 16.9 Å². The average molecular weight is 302 g/mol. The number of rotatable bonds is 3. The standard InChI is InChI=1S/C14H26N2O3S/c1-9-10(2)20-8-7-16(9)12(19)15-14(5,6)13(3,4)11(17)18/h9-10H,7-8H2,1-6H3,(H,15,19)(H,17,18). The molecule has 2 amide bonds. The molecule has 0 saturated carbocycles. The van der Waals surface area contributed by atoms with Crippen molar-refractivity contribution < 1.29 is 14.7 Å². The van der Waals surface area contributed by atoms with Gasteiger partial charge in [0.05, 0.1) is 11.0 Å². The molecule has 0 aromatic rings. The van der Waals surface area contributed by atoms with Crippen molar-refractivity contribution in [1.82, 2.24) is 10.2 Å². The smallest absolute Gasteiger partial charge is 0.318 e. The van der Waals surface area contributed by atoms with Crippen molar-refractivity contribution in [3.05, 3.63) is 0 Å². The summed E-state index contributed by atoms with van der Waals surface area (Å²) in [6.07, 6.45) is 0. The van der Waals surface area contributed by atoms with Gasteiger partial charge in [0.2, 0.25) is 0 Å². The Balaban J connectivity index is 2.82. The van der Waals surface area contributed by atoms with E-state index in [0.29, 0.717) is 11.8 Å². The number of hydrogen-bond acceptors (Lipinski definition) is 3. The molecule has 116 valence electrons. The summed E-state index contributed by atoms with van der Waals surface area (Å²) in [6.45, 7) is 11.6. The summed E-state index contributed by atoms with van der Waals surface area (Å²) >= 11 is 1.86. The summed E-state index contributed by atoms with van der Waals surface area (Å²) in [7, 11) is 0. The maximum absolute atomic E-state index is 12.5. The van der Waals surface area contributed by atoms with Gasteiger partial charge in [0.15, 0.2) is 0 Å². The zero-order valence-corrected chi connectivity index (χ0v) is 14.0. The number of aliphatic carboxylic acids is 1. The summed E-state index contributed by atoms with van der Waals surface area (Å²) in [5.41, 5.74) is -1.87. The Bertz CT molecular complexity index is 396. The third kappa shape index (κ3) is 3.22. The van der Waals surface area contributed by atoms with E-state index in [0.717, 1.165) is 5.75 Å². The first-order valence-electron chi connectivity index (χ1n) is 6.94. The van der Waals surface area contributed by atoms with E-state index in [2.05, 4.69) is 12.2 Å². The van der Waals surface area contributed by atoms with Crippen LogP contribution in [0.15, 0.2) is 0 Å². The van der Waals surface area contributed by atoms with Crippen LogP contribution in [-0.4, -0.2) is 51.1 Å². The summed E-state index contributed by atoms with van der Waals surface area (Å²) in [4.78, 5) is 25.6. The minimum atomic E-state index is -1.04. The molecule has 1 aliphatic heterocycles. The fraction of sp³-hybridized carbons (Fsp3) is 0.857. The van der Waals surface area contributed by atoms with E-state index in [1.807, 2.05) is 18.7 Å². The summed E-state index contributed by atoms with van der Waals surface area (Å²) in [5.74, 6) is 0.000199. The second kappa shape index (κ2) is 5.84. The number of carbonyl (C=O) groups is 2. The summed E-state index contributed by atoms with van der Waals surface area (Å²) in [5, 5.41) is 12.6.